The second-order valence-corrected chi connectivity index (χ2v) is 3.54. The van der Waals surface area contributed by atoms with E-state index in [2.05, 4.69) is 12.2 Å². The van der Waals surface area contributed by atoms with Crippen LogP contribution in [0.2, 0.25) is 0 Å². The molecule has 1 heteroatoms. The molecule has 1 nitrogen and oxygen atoms in total. The number of hydrogen-bond acceptors (Lipinski definition) is 1. The molecule has 3 atom stereocenters. The third-order valence-corrected chi connectivity index (χ3v) is 2.78. The van der Waals surface area contributed by atoms with Crippen LogP contribution in [0.25, 0.3) is 0 Å². The minimum atomic E-state index is -0.0301. The molecule has 56 valence electrons. The molecule has 10 heavy (non-hydrogen) atoms. The average molecular weight is 138 g/mol. The van der Waals surface area contributed by atoms with E-state index < -0.39 is 0 Å². The van der Waals surface area contributed by atoms with Gasteiger partial charge >= 0.3 is 0 Å². The van der Waals surface area contributed by atoms with Gasteiger partial charge < -0.3 is 5.11 Å². The molecule has 0 aromatic rings. The molecule has 1 unspecified atom stereocenters. The first-order valence-electron chi connectivity index (χ1n) is 4.22. The van der Waals surface area contributed by atoms with Crippen LogP contribution in [0.4, 0.5) is 0 Å². The molecule has 3 rings (SSSR count). The van der Waals surface area contributed by atoms with Crippen molar-refractivity contribution in [3.63, 3.8) is 0 Å². The standard InChI is InChI=1S/C9H14O/c10-9-6-7-2-1-3-8(9)5-4-7/h4-5,7-10H,1-3,6H2/t7-,8?,9+/m0/s1. The van der Waals surface area contributed by atoms with Gasteiger partial charge in [0.05, 0.1) is 6.10 Å². The molecular weight excluding hydrogens is 124 g/mol. The highest BCUT2D eigenvalue weighted by Gasteiger charge is 2.27. The molecule has 0 saturated heterocycles. The molecule has 1 saturated carbocycles. The lowest BCUT2D eigenvalue weighted by Gasteiger charge is -2.22. The fourth-order valence-corrected chi connectivity index (χ4v) is 2.11. The van der Waals surface area contributed by atoms with E-state index in [0.29, 0.717) is 11.8 Å². The summed E-state index contributed by atoms with van der Waals surface area (Å²) < 4.78 is 0. The summed E-state index contributed by atoms with van der Waals surface area (Å²) in [6.07, 6.45) is 9.30. The van der Waals surface area contributed by atoms with Crippen LogP contribution < -0.4 is 0 Å². The topological polar surface area (TPSA) is 20.2 Å². The van der Waals surface area contributed by atoms with Gasteiger partial charge in [0.15, 0.2) is 0 Å². The highest BCUT2D eigenvalue weighted by molar-refractivity contribution is 5.03. The fourth-order valence-electron chi connectivity index (χ4n) is 2.11. The van der Waals surface area contributed by atoms with Gasteiger partial charge in [-0.2, -0.15) is 0 Å². The van der Waals surface area contributed by atoms with Gasteiger partial charge in [0.2, 0.25) is 0 Å². The van der Waals surface area contributed by atoms with E-state index in [9.17, 15) is 5.11 Å². The quantitative estimate of drug-likeness (QED) is 0.505. The van der Waals surface area contributed by atoms with Crippen molar-refractivity contribution in [2.24, 2.45) is 11.8 Å². The van der Waals surface area contributed by atoms with Crippen molar-refractivity contribution in [3.05, 3.63) is 12.2 Å². The van der Waals surface area contributed by atoms with Crippen LogP contribution in [0.3, 0.4) is 0 Å². The number of aliphatic hydroxyl groups excluding tert-OH is 1. The zero-order valence-corrected chi connectivity index (χ0v) is 6.16. The van der Waals surface area contributed by atoms with Crippen LogP contribution in [0, 0.1) is 11.8 Å². The predicted molar refractivity (Wildman–Crippen MR) is 40.6 cm³/mol. The molecular formula is C9H14O. The van der Waals surface area contributed by atoms with Gasteiger partial charge in [-0.05, 0) is 25.2 Å². The van der Waals surface area contributed by atoms with E-state index in [1.165, 1.54) is 19.3 Å². The van der Waals surface area contributed by atoms with E-state index in [-0.39, 0.29) is 6.10 Å². The summed E-state index contributed by atoms with van der Waals surface area (Å²) in [6.45, 7) is 0. The minimum Gasteiger partial charge on any atom is -0.392 e. The van der Waals surface area contributed by atoms with Crippen LogP contribution in [0.15, 0.2) is 12.2 Å². The van der Waals surface area contributed by atoms with Gasteiger partial charge in [0.25, 0.3) is 0 Å². The number of aliphatic hydroxyl groups is 1. The zero-order chi connectivity index (χ0) is 6.97. The van der Waals surface area contributed by atoms with Crippen molar-refractivity contribution < 1.29 is 5.11 Å². The van der Waals surface area contributed by atoms with Crippen LogP contribution >= 0.6 is 0 Å². The Balaban J connectivity index is 2.18. The largest absolute Gasteiger partial charge is 0.392 e. The maximum Gasteiger partial charge on any atom is 0.0608 e. The highest BCUT2D eigenvalue weighted by Crippen LogP contribution is 2.33. The molecule has 0 aliphatic heterocycles. The summed E-state index contributed by atoms with van der Waals surface area (Å²) >= 11 is 0. The van der Waals surface area contributed by atoms with Crippen molar-refractivity contribution in [2.45, 2.75) is 31.8 Å². The van der Waals surface area contributed by atoms with E-state index in [0.717, 1.165) is 6.42 Å². The Labute approximate surface area is 61.8 Å². The van der Waals surface area contributed by atoms with Crippen molar-refractivity contribution in [2.75, 3.05) is 0 Å². The molecule has 0 amide bonds. The summed E-state index contributed by atoms with van der Waals surface area (Å²) in [5.74, 6) is 1.17. The van der Waals surface area contributed by atoms with Gasteiger partial charge in [-0.3, -0.25) is 0 Å². The van der Waals surface area contributed by atoms with Gasteiger partial charge in [-0.15, -0.1) is 0 Å². The molecule has 0 radical (unpaired) electrons. The Hall–Kier alpha value is -0.300. The third kappa shape index (κ3) is 0.988. The first-order valence-corrected chi connectivity index (χ1v) is 4.22. The van der Waals surface area contributed by atoms with Gasteiger partial charge in [-0.25, -0.2) is 0 Å². The van der Waals surface area contributed by atoms with Gasteiger partial charge in [0, 0.05) is 5.92 Å². The number of hydrogen-bond donors (Lipinski definition) is 1. The number of fused-ring (bicyclic) bond motifs is 3. The van der Waals surface area contributed by atoms with Gasteiger partial charge in [0.1, 0.15) is 0 Å². The Bertz CT molecular complexity index is 151. The Morgan fingerprint density at radius 1 is 1.20 bits per heavy atom. The first-order chi connectivity index (χ1) is 4.86. The molecule has 0 aromatic carbocycles. The van der Waals surface area contributed by atoms with Crippen LogP contribution in [-0.4, -0.2) is 11.2 Å². The summed E-state index contributed by atoms with van der Waals surface area (Å²) in [4.78, 5) is 0. The Kier molecular flexibility index (Phi) is 1.53. The monoisotopic (exact) mass is 138 g/mol. The van der Waals surface area contributed by atoms with Crippen LogP contribution in [-0.2, 0) is 0 Å². The molecule has 0 aromatic heterocycles. The lowest BCUT2D eigenvalue weighted by Crippen LogP contribution is -2.22. The van der Waals surface area contributed by atoms with E-state index in [4.69, 9.17) is 0 Å². The van der Waals surface area contributed by atoms with Crippen LogP contribution in [0.1, 0.15) is 25.7 Å². The van der Waals surface area contributed by atoms with E-state index in [1.54, 1.807) is 0 Å². The Morgan fingerprint density at radius 3 is 2.90 bits per heavy atom. The lowest BCUT2D eigenvalue weighted by atomic mass is 9.88. The average Bonchev–Trinajstić information content (AvgIpc) is 2.20. The molecule has 1 fully saturated rings. The van der Waals surface area contributed by atoms with Crippen molar-refractivity contribution >= 4 is 0 Å². The molecule has 2 bridgehead atoms. The maximum absolute atomic E-state index is 9.53. The summed E-state index contributed by atoms with van der Waals surface area (Å²) in [6, 6.07) is 0. The third-order valence-electron chi connectivity index (χ3n) is 2.78. The zero-order valence-electron chi connectivity index (χ0n) is 6.16. The number of allylic oxidation sites excluding steroid dienone is 1. The normalized spacial score (nSPS) is 45.5. The molecule has 0 spiro atoms. The summed E-state index contributed by atoms with van der Waals surface area (Å²) in [7, 11) is 0. The first kappa shape index (κ1) is 6.41. The molecule has 3 aliphatic rings. The van der Waals surface area contributed by atoms with Crippen LogP contribution in [0.5, 0.6) is 0 Å². The van der Waals surface area contributed by atoms with E-state index in [1.807, 2.05) is 0 Å². The smallest absolute Gasteiger partial charge is 0.0608 e. The van der Waals surface area contributed by atoms with Crippen molar-refractivity contribution in [3.8, 4) is 0 Å². The second-order valence-electron chi connectivity index (χ2n) is 3.54. The SMILES string of the molecule is O[C@@H]1C[C@@H]2C=CC1CCC2. The highest BCUT2D eigenvalue weighted by atomic mass is 16.3. The van der Waals surface area contributed by atoms with E-state index >= 15 is 0 Å². The molecule has 3 aliphatic carbocycles. The number of rotatable bonds is 0. The predicted octanol–water partition coefficient (Wildman–Crippen LogP) is 1.72. The van der Waals surface area contributed by atoms with Gasteiger partial charge in [-0.1, -0.05) is 18.6 Å². The summed E-state index contributed by atoms with van der Waals surface area (Å²) in [5, 5.41) is 9.53. The summed E-state index contributed by atoms with van der Waals surface area (Å²) in [5.41, 5.74) is 0. The lowest BCUT2D eigenvalue weighted by molar-refractivity contribution is 0.108. The molecule has 0 heterocycles. The fraction of sp³-hybridized carbons (Fsp3) is 0.778. The second kappa shape index (κ2) is 2.39. The van der Waals surface area contributed by atoms with Crippen molar-refractivity contribution in [1.29, 1.82) is 0 Å². The minimum absolute atomic E-state index is 0.0301. The van der Waals surface area contributed by atoms with Crippen molar-refractivity contribution in [1.82, 2.24) is 0 Å². The molecule has 1 N–H and O–H groups in total. The maximum atomic E-state index is 9.53. The Morgan fingerprint density at radius 2 is 2.10 bits per heavy atom.